The molecule has 0 radical (unpaired) electrons. The van der Waals surface area contributed by atoms with Crippen LogP contribution in [0.5, 0.6) is 0 Å². The van der Waals surface area contributed by atoms with Gasteiger partial charge in [0.1, 0.15) is 30.2 Å². The Kier molecular flexibility index (Phi) is 20.1. The number of unbranched alkanes of at least 4 members (excludes halogenated alkanes) is 1. The fourth-order valence-electron chi connectivity index (χ4n) is 4.55. The van der Waals surface area contributed by atoms with Crippen LogP contribution in [0.1, 0.15) is 86.5 Å². The van der Waals surface area contributed by atoms with Gasteiger partial charge in [0, 0.05) is 6.42 Å². The number of hydrogen-bond donors (Lipinski definition) is 10. The Balaban J connectivity index is 5.96. The standard InChI is InChI=1S/C30H57N9O8/c1-15(2)13-19(32)27(44)35-17(5)26(43)36-20(9-7-8-12-31)28(45)38-22(14-16(3)4)30(47)37-21(10-11-23(33)41)29(46)39-24(18(6)40)25(34)42/h15-22,24,40H,7-14,31-32H2,1-6H3,(H2,33,41)(H2,34,42)(H,35,44)(H,36,43)(H,37,47)(H,38,45)(H,39,46)/t17-,18+,19-,20-,21-,22-,24-/m0/s1. The van der Waals surface area contributed by atoms with Crippen LogP contribution >= 0.6 is 0 Å². The van der Waals surface area contributed by atoms with E-state index in [1.165, 1.54) is 13.8 Å². The number of primary amides is 2. The summed E-state index contributed by atoms with van der Waals surface area (Å²) in [5.41, 5.74) is 22.0. The van der Waals surface area contributed by atoms with Gasteiger partial charge in [-0.3, -0.25) is 33.6 Å². The minimum atomic E-state index is -1.47. The molecule has 0 aliphatic rings. The van der Waals surface area contributed by atoms with Gasteiger partial charge >= 0.3 is 0 Å². The third-order valence-electron chi connectivity index (χ3n) is 7.13. The Morgan fingerprint density at radius 2 is 1.11 bits per heavy atom. The summed E-state index contributed by atoms with van der Waals surface area (Å²) < 4.78 is 0. The van der Waals surface area contributed by atoms with Crippen LogP contribution in [0.25, 0.3) is 0 Å². The molecule has 0 fully saturated rings. The van der Waals surface area contributed by atoms with E-state index in [4.69, 9.17) is 22.9 Å². The zero-order chi connectivity index (χ0) is 36.4. The number of aliphatic hydroxyl groups is 1. The number of carbonyl (C=O) groups is 7. The molecule has 47 heavy (non-hydrogen) atoms. The highest BCUT2D eigenvalue weighted by Crippen LogP contribution is 2.10. The fraction of sp³-hybridized carbons (Fsp3) is 0.767. The molecule has 0 aromatic carbocycles. The summed E-state index contributed by atoms with van der Waals surface area (Å²) in [6.45, 7) is 10.5. The second-order valence-corrected chi connectivity index (χ2v) is 12.7. The van der Waals surface area contributed by atoms with Gasteiger partial charge in [-0.25, -0.2) is 0 Å². The summed E-state index contributed by atoms with van der Waals surface area (Å²) in [5.74, 6) is -5.26. The minimum Gasteiger partial charge on any atom is -0.391 e. The lowest BCUT2D eigenvalue weighted by Gasteiger charge is -2.28. The van der Waals surface area contributed by atoms with Gasteiger partial charge in [-0.2, -0.15) is 0 Å². The molecule has 17 nitrogen and oxygen atoms in total. The highest BCUT2D eigenvalue weighted by Gasteiger charge is 2.33. The van der Waals surface area contributed by atoms with Gasteiger partial charge < -0.3 is 54.6 Å². The summed E-state index contributed by atoms with van der Waals surface area (Å²) in [7, 11) is 0. The van der Waals surface area contributed by atoms with Crippen molar-refractivity contribution in [2.75, 3.05) is 6.54 Å². The van der Waals surface area contributed by atoms with Crippen molar-refractivity contribution in [1.82, 2.24) is 26.6 Å². The Morgan fingerprint density at radius 3 is 1.60 bits per heavy atom. The van der Waals surface area contributed by atoms with Crippen LogP contribution in [-0.4, -0.2) is 95.4 Å². The largest absolute Gasteiger partial charge is 0.391 e. The van der Waals surface area contributed by atoms with E-state index in [0.29, 0.717) is 25.8 Å². The molecular weight excluding hydrogens is 614 g/mol. The van der Waals surface area contributed by atoms with Crippen molar-refractivity contribution in [2.45, 2.75) is 129 Å². The number of amides is 7. The quantitative estimate of drug-likeness (QED) is 0.0494. The van der Waals surface area contributed by atoms with E-state index in [1.807, 2.05) is 13.8 Å². The molecular formula is C30H57N9O8. The van der Waals surface area contributed by atoms with E-state index in [-0.39, 0.29) is 37.5 Å². The van der Waals surface area contributed by atoms with E-state index in [0.717, 1.165) is 0 Å². The monoisotopic (exact) mass is 671 g/mol. The first kappa shape index (κ1) is 43.2. The van der Waals surface area contributed by atoms with Gasteiger partial charge in [0.2, 0.25) is 41.4 Å². The van der Waals surface area contributed by atoms with Crippen molar-refractivity contribution in [3.05, 3.63) is 0 Å². The number of hydrogen-bond acceptors (Lipinski definition) is 10. The second kappa shape index (κ2) is 21.9. The first-order valence-corrected chi connectivity index (χ1v) is 16.0. The Labute approximate surface area is 276 Å². The van der Waals surface area contributed by atoms with Crippen molar-refractivity contribution in [2.24, 2.45) is 34.8 Å². The normalized spacial score (nSPS) is 15.7. The van der Waals surface area contributed by atoms with Gasteiger partial charge in [-0.1, -0.05) is 27.7 Å². The zero-order valence-electron chi connectivity index (χ0n) is 28.5. The maximum atomic E-state index is 13.5. The Bertz CT molecular complexity index is 1070. The molecule has 0 aromatic rings. The molecule has 0 bridgehead atoms. The van der Waals surface area contributed by atoms with Gasteiger partial charge in [0.15, 0.2) is 0 Å². The SMILES string of the molecule is CC(C)C[C@H](NC(=O)[C@H](CCCCN)NC(=O)[C@H](C)NC(=O)[C@@H](N)CC(C)C)C(=O)N[C@@H](CCC(N)=O)C(=O)N[C@H](C(N)=O)[C@@H](C)O. The molecule has 14 N–H and O–H groups in total. The number of aliphatic hydroxyl groups excluding tert-OH is 1. The summed E-state index contributed by atoms with van der Waals surface area (Å²) in [4.78, 5) is 88.6. The lowest BCUT2D eigenvalue weighted by Crippen LogP contribution is -2.60. The molecule has 0 saturated carbocycles. The van der Waals surface area contributed by atoms with Gasteiger partial charge in [-0.15, -0.1) is 0 Å². The molecule has 7 atom stereocenters. The highest BCUT2D eigenvalue weighted by molar-refractivity contribution is 5.96. The average Bonchev–Trinajstić information content (AvgIpc) is 2.95. The third-order valence-corrected chi connectivity index (χ3v) is 7.13. The van der Waals surface area contributed by atoms with Crippen molar-refractivity contribution in [1.29, 1.82) is 0 Å². The fourth-order valence-corrected chi connectivity index (χ4v) is 4.55. The van der Waals surface area contributed by atoms with E-state index in [2.05, 4.69) is 26.6 Å². The lowest BCUT2D eigenvalue weighted by atomic mass is 10.0. The lowest BCUT2D eigenvalue weighted by molar-refractivity contribution is -0.136. The molecule has 270 valence electrons. The number of carbonyl (C=O) groups excluding carboxylic acids is 7. The van der Waals surface area contributed by atoms with Crippen molar-refractivity contribution in [3.63, 3.8) is 0 Å². The van der Waals surface area contributed by atoms with E-state index in [9.17, 15) is 38.7 Å². The second-order valence-electron chi connectivity index (χ2n) is 12.7. The number of nitrogens with one attached hydrogen (secondary N) is 5. The van der Waals surface area contributed by atoms with Gasteiger partial charge in [-0.05, 0) is 70.8 Å². The predicted molar refractivity (Wildman–Crippen MR) is 174 cm³/mol. The van der Waals surface area contributed by atoms with Crippen LogP contribution in [0.4, 0.5) is 0 Å². The van der Waals surface area contributed by atoms with Crippen LogP contribution in [0.15, 0.2) is 0 Å². The molecule has 0 saturated heterocycles. The van der Waals surface area contributed by atoms with Crippen molar-refractivity contribution >= 4 is 41.4 Å². The Morgan fingerprint density at radius 1 is 0.617 bits per heavy atom. The average molecular weight is 672 g/mol. The number of nitrogens with two attached hydrogens (primary N) is 4. The van der Waals surface area contributed by atoms with Crippen molar-refractivity contribution in [3.8, 4) is 0 Å². The molecule has 0 rings (SSSR count). The molecule has 0 aliphatic carbocycles. The van der Waals surface area contributed by atoms with Crippen LogP contribution in [0, 0.1) is 11.8 Å². The molecule has 17 heteroatoms. The summed E-state index contributed by atoms with van der Waals surface area (Å²) >= 11 is 0. The maximum Gasteiger partial charge on any atom is 0.243 e. The Hall–Kier alpha value is -3.83. The van der Waals surface area contributed by atoms with E-state index < -0.39 is 83.7 Å². The summed E-state index contributed by atoms with van der Waals surface area (Å²) in [6, 6.07) is -6.97. The number of rotatable bonds is 23. The maximum absolute atomic E-state index is 13.5. The molecule has 0 unspecified atom stereocenters. The molecule has 0 aromatic heterocycles. The zero-order valence-corrected chi connectivity index (χ0v) is 28.5. The summed E-state index contributed by atoms with van der Waals surface area (Å²) in [5, 5.41) is 22.4. The molecule has 7 amide bonds. The topological polar surface area (TPSA) is 304 Å². The van der Waals surface area contributed by atoms with Crippen molar-refractivity contribution < 1.29 is 38.7 Å². The molecule has 0 spiro atoms. The predicted octanol–water partition coefficient (Wildman–Crippen LogP) is -2.89. The van der Waals surface area contributed by atoms with Crippen LogP contribution in [-0.2, 0) is 33.6 Å². The van der Waals surface area contributed by atoms with E-state index >= 15 is 0 Å². The highest BCUT2D eigenvalue weighted by atomic mass is 16.3. The van der Waals surface area contributed by atoms with Gasteiger partial charge in [0.25, 0.3) is 0 Å². The molecule has 0 aliphatic heterocycles. The van der Waals surface area contributed by atoms with Gasteiger partial charge in [0.05, 0.1) is 12.1 Å². The first-order chi connectivity index (χ1) is 21.8. The third kappa shape index (κ3) is 17.6. The van der Waals surface area contributed by atoms with Crippen LogP contribution < -0.4 is 49.5 Å². The van der Waals surface area contributed by atoms with Crippen LogP contribution in [0.3, 0.4) is 0 Å². The summed E-state index contributed by atoms with van der Waals surface area (Å²) in [6.07, 6.45) is -0.155. The first-order valence-electron chi connectivity index (χ1n) is 16.0. The minimum absolute atomic E-state index is 0.117. The van der Waals surface area contributed by atoms with Crippen LogP contribution in [0.2, 0.25) is 0 Å². The molecule has 0 heterocycles. The van der Waals surface area contributed by atoms with E-state index in [1.54, 1.807) is 13.8 Å². The smallest absolute Gasteiger partial charge is 0.243 e.